The third kappa shape index (κ3) is 7.68. The second-order valence-electron chi connectivity index (χ2n) is 10.3. The van der Waals surface area contributed by atoms with Gasteiger partial charge in [0, 0.05) is 50.5 Å². The molecule has 3 amide bonds. The number of carboxylic acids is 1. The highest BCUT2D eigenvalue weighted by Gasteiger charge is 2.32. The minimum atomic E-state index is -1.10. The zero-order valence-corrected chi connectivity index (χ0v) is 23.2. The Bertz CT molecular complexity index is 1270. The molecule has 11 nitrogen and oxygen atoms in total. The number of hydrogen-bond acceptors (Lipinski definition) is 7. The molecule has 1 saturated heterocycles. The van der Waals surface area contributed by atoms with Crippen molar-refractivity contribution in [1.29, 1.82) is 0 Å². The van der Waals surface area contributed by atoms with E-state index in [0.717, 1.165) is 18.4 Å². The van der Waals surface area contributed by atoms with E-state index >= 15 is 0 Å². The first-order valence-electron chi connectivity index (χ1n) is 14.1. The average Bonchev–Trinajstić information content (AvgIpc) is 2.99. The van der Waals surface area contributed by atoms with Crippen molar-refractivity contribution in [2.45, 2.75) is 57.4 Å². The Labute approximate surface area is 238 Å². The van der Waals surface area contributed by atoms with Gasteiger partial charge in [-0.25, -0.2) is 9.78 Å². The molecule has 2 aromatic rings. The Morgan fingerprint density at radius 1 is 1.05 bits per heavy atom. The number of piperazine rings is 1. The number of Topliss-reactive ketones (excluding diaryl/α,β-unsaturated/α-hetero) is 1. The van der Waals surface area contributed by atoms with Crippen LogP contribution in [0.3, 0.4) is 0 Å². The highest BCUT2D eigenvalue weighted by molar-refractivity contribution is 5.97. The predicted octanol–water partition coefficient (Wildman–Crippen LogP) is 3.24. The number of aromatic nitrogens is 1. The van der Waals surface area contributed by atoms with E-state index in [2.05, 4.69) is 10.3 Å². The van der Waals surface area contributed by atoms with Gasteiger partial charge in [0.2, 0.25) is 5.91 Å². The van der Waals surface area contributed by atoms with E-state index in [1.165, 1.54) is 9.80 Å². The molecule has 1 aliphatic heterocycles. The number of carbonyl (C=O) groups excluding carboxylic acids is 4. The highest BCUT2D eigenvalue weighted by Crippen LogP contribution is 2.32. The second kappa shape index (κ2) is 13.9. The average molecular weight is 565 g/mol. The SMILES string of the molecule is CCOC(=O)N1CCN(C(=O)C(CCC(=O)O)NC(=O)c2cc(C3CCCCC3=O)cc(-c3ccccc3)n2)CC1. The van der Waals surface area contributed by atoms with Crippen LogP contribution in [0, 0.1) is 0 Å². The van der Waals surface area contributed by atoms with Gasteiger partial charge in [-0.15, -0.1) is 0 Å². The van der Waals surface area contributed by atoms with Gasteiger partial charge in [0.1, 0.15) is 17.5 Å². The molecule has 0 bridgehead atoms. The van der Waals surface area contributed by atoms with Gasteiger partial charge in [0.05, 0.1) is 12.3 Å². The highest BCUT2D eigenvalue weighted by atomic mass is 16.6. The molecule has 2 aliphatic rings. The second-order valence-corrected chi connectivity index (χ2v) is 10.3. The molecule has 41 heavy (non-hydrogen) atoms. The summed E-state index contributed by atoms with van der Waals surface area (Å²) in [6, 6.07) is 11.7. The van der Waals surface area contributed by atoms with Gasteiger partial charge in [-0.2, -0.15) is 0 Å². The number of benzene rings is 1. The Kier molecular flexibility index (Phi) is 10.0. The van der Waals surface area contributed by atoms with Crippen LogP contribution in [0.1, 0.15) is 67.4 Å². The maximum atomic E-state index is 13.6. The van der Waals surface area contributed by atoms with Gasteiger partial charge in [-0.3, -0.25) is 19.2 Å². The number of aliphatic carboxylic acids is 1. The lowest BCUT2D eigenvalue weighted by atomic mass is 9.82. The van der Waals surface area contributed by atoms with E-state index < -0.39 is 29.9 Å². The molecular formula is C30H36N4O7. The lowest BCUT2D eigenvalue weighted by Crippen LogP contribution is -2.56. The van der Waals surface area contributed by atoms with Gasteiger partial charge >= 0.3 is 12.1 Å². The van der Waals surface area contributed by atoms with Crippen LogP contribution in [-0.2, 0) is 19.1 Å². The molecule has 1 saturated carbocycles. The normalized spacial score (nSPS) is 18.0. The van der Waals surface area contributed by atoms with Gasteiger partial charge < -0.3 is 25.0 Å². The number of nitrogens with one attached hydrogen (secondary N) is 1. The Morgan fingerprint density at radius 2 is 1.76 bits per heavy atom. The Balaban J connectivity index is 1.56. The molecule has 1 aromatic carbocycles. The van der Waals surface area contributed by atoms with Crippen molar-refractivity contribution in [2.75, 3.05) is 32.8 Å². The largest absolute Gasteiger partial charge is 0.481 e. The third-order valence-corrected chi connectivity index (χ3v) is 7.47. The number of rotatable bonds is 9. The first kappa shape index (κ1) is 29.7. The Hall–Kier alpha value is -4.28. The zero-order valence-electron chi connectivity index (χ0n) is 23.2. The lowest BCUT2D eigenvalue weighted by molar-refractivity contribution is -0.138. The molecule has 11 heteroatoms. The Morgan fingerprint density at radius 3 is 2.41 bits per heavy atom. The fourth-order valence-corrected chi connectivity index (χ4v) is 5.26. The standard InChI is InChI=1S/C30H36N4O7/c1-2-41-30(40)34-16-14-33(15-17-34)29(39)23(12-13-27(36)37)32-28(38)25-19-21(22-10-6-7-11-26(22)35)18-24(31-25)20-8-4-3-5-9-20/h3-5,8-9,18-19,22-23H,2,6-7,10-17H2,1H3,(H,32,38)(H,36,37). The molecule has 0 spiro atoms. The summed E-state index contributed by atoms with van der Waals surface area (Å²) in [5.74, 6) is -2.34. The van der Waals surface area contributed by atoms with E-state index in [9.17, 15) is 29.1 Å². The molecule has 2 N–H and O–H groups in total. The zero-order chi connectivity index (χ0) is 29.4. The fraction of sp³-hybridized carbons (Fsp3) is 0.467. The van der Waals surface area contributed by atoms with Crippen molar-refractivity contribution in [2.24, 2.45) is 0 Å². The van der Waals surface area contributed by atoms with E-state index in [1.807, 2.05) is 36.4 Å². The van der Waals surface area contributed by atoms with Crippen LogP contribution in [0.2, 0.25) is 0 Å². The number of ether oxygens (including phenoxy) is 1. The number of carboxylic acid groups (broad SMARTS) is 1. The molecular weight excluding hydrogens is 528 g/mol. The smallest absolute Gasteiger partial charge is 0.409 e. The predicted molar refractivity (Wildman–Crippen MR) is 149 cm³/mol. The van der Waals surface area contributed by atoms with Crippen LogP contribution >= 0.6 is 0 Å². The van der Waals surface area contributed by atoms with Crippen LogP contribution in [0.5, 0.6) is 0 Å². The van der Waals surface area contributed by atoms with Crippen LogP contribution in [-0.4, -0.2) is 88.4 Å². The van der Waals surface area contributed by atoms with Crippen molar-refractivity contribution in [1.82, 2.24) is 20.1 Å². The number of hydrogen-bond donors (Lipinski definition) is 2. The summed E-state index contributed by atoms with van der Waals surface area (Å²) in [7, 11) is 0. The molecule has 4 rings (SSSR count). The molecule has 0 radical (unpaired) electrons. The van der Waals surface area contributed by atoms with E-state index in [4.69, 9.17) is 4.74 Å². The van der Waals surface area contributed by atoms with Gasteiger partial charge in [-0.1, -0.05) is 36.8 Å². The number of nitrogens with zero attached hydrogens (tertiary/aromatic N) is 3. The number of pyridine rings is 1. The fourth-order valence-electron chi connectivity index (χ4n) is 5.26. The lowest BCUT2D eigenvalue weighted by Gasteiger charge is -2.36. The number of carbonyl (C=O) groups is 5. The first-order chi connectivity index (χ1) is 19.8. The summed E-state index contributed by atoms with van der Waals surface area (Å²) in [6.45, 7) is 2.96. The molecule has 2 fully saturated rings. The van der Waals surface area contributed by atoms with E-state index in [1.54, 1.807) is 13.0 Å². The number of ketones is 1. The van der Waals surface area contributed by atoms with Crippen molar-refractivity contribution < 1.29 is 33.8 Å². The monoisotopic (exact) mass is 564 g/mol. The van der Waals surface area contributed by atoms with Crippen LogP contribution in [0.15, 0.2) is 42.5 Å². The molecule has 1 aliphatic carbocycles. The first-order valence-corrected chi connectivity index (χ1v) is 14.1. The summed E-state index contributed by atoms with van der Waals surface area (Å²) >= 11 is 0. The molecule has 2 heterocycles. The maximum absolute atomic E-state index is 13.6. The molecule has 2 atom stereocenters. The summed E-state index contributed by atoms with van der Waals surface area (Å²) in [5.41, 5.74) is 2.08. The van der Waals surface area contributed by atoms with Crippen molar-refractivity contribution in [3.63, 3.8) is 0 Å². The maximum Gasteiger partial charge on any atom is 0.409 e. The van der Waals surface area contributed by atoms with Crippen LogP contribution in [0.25, 0.3) is 11.3 Å². The minimum absolute atomic E-state index is 0.0555. The summed E-state index contributed by atoms with van der Waals surface area (Å²) < 4.78 is 5.03. The molecule has 218 valence electrons. The van der Waals surface area contributed by atoms with E-state index in [-0.39, 0.29) is 63.0 Å². The van der Waals surface area contributed by atoms with Crippen LogP contribution in [0.4, 0.5) is 4.79 Å². The summed E-state index contributed by atoms with van der Waals surface area (Å²) in [4.78, 5) is 70.7. The third-order valence-electron chi connectivity index (χ3n) is 7.47. The molecule has 2 unspecified atom stereocenters. The summed E-state index contributed by atoms with van der Waals surface area (Å²) in [5, 5.41) is 12.0. The number of amides is 3. The van der Waals surface area contributed by atoms with Crippen molar-refractivity contribution in [3.05, 3.63) is 53.7 Å². The minimum Gasteiger partial charge on any atom is -0.481 e. The van der Waals surface area contributed by atoms with E-state index in [0.29, 0.717) is 24.1 Å². The van der Waals surface area contributed by atoms with Crippen molar-refractivity contribution >= 4 is 29.7 Å². The van der Waals surface area contributed by atoms with Crippen molar-refractivity contribution in [3.8, 4) is 11.3 Å². The quantitative estimate of drug-likeness (QED) is 0.472. The van der Waals surface area contributed by atoms with Crippen LogP contribution < -0.4 is 5.32 Å². The summed E-state index contributed by atoms with van der Waals surface area (Å²) in [6.07, 6.45) is 2.06. The molecule has 1 aromatic heterocycles. The van der Waals surface area contributed by atoms with Gasteiger partial charge in [0.25, 0.3) is 5.91 Å². The van der Waals surface area contributed by atoms with Gasteiger partial charge in [-0.05, 0) is 43.9 Å². The van der Waals surface area contributed by atoms with Gasteiger partial charge in [0.15, 0.2) is 0 Å². The topological polar surface area (TPSA) is 146 Å².